The van der Waals surface area contributed by atoms with Crippen LogP contribution < -0.4 is 10.6 Å². The third kappa shape index (κ3) is 4.65. The van der Waals surface area contributed by atoms with Gasteiger partial charge in [-0.25, -0.2) is 0 Å². The predicted octanol–water partition coefficient (Wildman–Crippen LogP) is 2.65. The zero-order chi connectivity index (χ0) is 16.9. The molecule has 1 aliphatic rings. The molecule has 1 aromatic heterocycles. The number of carbonyl (C=O) groups is 1. The molecule has 136 valence electrons. The smallest absolute Gasteiger partial charge is 0.241 e. The van der Waals surface area contributed by atoms with Gasteiger partial charge in [0.25, 0.3) is 0 Å². The summed E-state index contributed by atoms with van der Waals surface area (Å²) in [6.45, 7) is 4.57. The molecule has 0 atom stereocenters. The minimum absolute atomic E-state index is 0. The number of benzene rings is 1. The second-order valence-corrected chi connectivity index (χ2v) is 6.01. The molecule has 7 heteroatoms. The summed E-state index contributed by atoms with van der Waals surface area (Å²) in [5.74, 6) is 1.60. The first-order valence-corrected chi connectivity index (χ1v) is 8.38. The average Bonchev–Trinajstić information content (AvgIpc) is 3.24. The van der Waals surface area contributed by atoms with E-state index in [0.29, 0.717) is 12.5 Å². The largest absolute Gasteiger partial charge is 0.459 e. The molecule has 1 fully saturated rings. The number of fused-ring (bicyclic) bond motifs is 1. The quantitative estimate of drug-likeness (QED) is 0.422. The number of hydrogen-bond donors (Lipinski definition) is 2. The lowest BCUT2D eigenvalue weighted by Gasteiger charge is -2.17. The lowest BCUT2D eigenvalue weighted by atomic mass is 10.1. The van der Waals surface area contributed by atoms with E-state index in [0.717, 1.165) is 48.2 Å². The summed E-state index contributed by atoms with van der Waals surface area (Å²) in [4.78, 5) is 18.1. The third-order valence-electron chi connectivity index (χ3n) is 4.45. The molecule has 1 aliphatic heterocycles. The van der Waals surface area contributed by atoms with Crippen LogP contribution in [0.25, 0.3) is 11.0 Å². The van der Waals surface area contributed by atoms with Crippen LogP contribution in [-0.2, 0) is 11.3 Å². The van der Waals surface area contributed by atoms with Crippen molar-refractivity contribution in [2.24, 2.45) is 4.99 Å². The monoisotopic (exact) mass is 456 g/mol. The van der Waals surface area contributed by atoms with Crippen molar-refractivity contribution in [2.45, 2.75) is 26.3 Å². The molecular weight excluding hydrogens is 431 g/mol. The number of nitrogens with zero attached hydrogens (tertiary/aromatic N) is 2. The minimum Gasteiger partial charge on any atom is -0.459 e. The Bertz CT molecular complexity index is 751. The SMILES string of the molecule is CN=C(NCC(=O)N1CCCC1)NCc1oc2ccccc2c1C.I. The molecule has 0 unspecified atom stereocenters. The van der Waals surface area contributed by atoms with Crippen LogP contribution in [0.2, 0.25) is 0 Å². The van der Waals surface area contributed by atoms with Gasteiger partial charge in [-0.3, -0.25) is 9.79 Å². The van der Waals surface area contributed by atoms with Gasteiger partial charge in [-0.05, 0) is 25.8 Å². The fourth-order valence-corrected chi connectivity index (χ4v) is 3.02. The van der Waals surface area contributed by atoms with E-state index in [9.17, 15) is 4.79 Å². The van der Waals surface area contributed by atoms with Gasteiger partial charge < -0.3 is 20.0 Å². The predicted molar refractivity (Wildman–Crippen MR) is 110 cm³/mol. The number of para-hydroxylation sites is 1. The maximum atomic E-state index is 12.1. The molecule has 2 aromatic rings. The van der Waals surface area contributed by atoms with Gasteiger partial charge >= 0.3 is 0 Å². The summed E-state index contributed by atoms with van der Waals surface area (Å²) in [6, 6.07) is 7.99. The van der Waals surface area contributed by atoms with Crippen LogP contribution in [0.1, 0.15) is 24.2 Å². The van der Waals surface area contributed by atoms with Crippen LogP contribution in [0.15, 0.2) is 33.7 Å². The summed E-state index contributed by atoms with van der Waals surface area (Å²) in [5.41, 5.74) is 2.01. The van der Waals surface area contributed by atoms with E-state index in [-0.39, 0.29) is 36.4 Å². The minimum atomic E-state index is 0. The van der Waals surface area contributed by atoms with Crippen LogP contribution in [0.5, 0.6) is 0 Å². The molecule has 0 radical (unpaired) electrons. The number of carbonyl (C=O) groups excluding carboxylic acids is 1. The number of hydrogen-bond acceptors (Lipinski definition) is 3. The van der Waals surface area contributed by atoms with Gasteiger partial charge in [0.1, 0.15) is 11.3 Å². The van der Waals surface area contributed by atoms with Gasteiger partial charge in [-0.1, -0.05) is 18.2 Å². The van der Waals surface area contributed by atoms with Crippen molar-refractivity contribution in [3.63, 3.8) is 0 Å². The van der Waals surface area contributed by atoms with E-state index in [1.165, 1.54) is 0 Å². The second-order valence-electron chi connectivity index (χ2n) is 6.01. The second kappa shape index (κ2) is 9.07. The van der Waals surface area contributed by atoms with Gasteiger partial charge in [0, 0.05) is 31.1 Å². The third-order valence-corrected chi connectivity index (χ3v) is 4.45. The Morgan fingerprint density at radius 2 is 1.96 bits per heavy atom. The number of guanidine groups is 1. The molecule has 0 saturated carbocycles. The summed E-state index contributed by atoms with van der Waals surface area (Å²) >= 11 is 0. The summed E-state index contributed by atoms with van der Waals surface area (Å²) in [7, 11) is 1.70. The number of nitrogens with one attached hydrogen (secondary N) is 2. The van der Waals surface area contributed by atoms with Gasteiger partial charge in [0.15, 0.2) is 5.96 Å². The Hall–Kier alpha value is -1.77. The summed E-state index contributed by atoms with van der Waals surface area (Å²) in [5, 5.41) is 7.41. The number of aryl methyl sites for hydroxylation is 1. The van der Waals surface area contributed by atoms with Crippen LogP contribution in [0.4, 0.5) is 0 Å². The average molecular weight is 456 g/mol. The molecule has 6 nitrogen and oxygen atoms in total. The molecule has 0 bridgehead atoms. The molecule has 0 spiro atoms. The number of aliphatic imine (C=N–C) groups is 1. The maximum Gasteiger partial charge on any atom is 0.241 e. The Morgan fingerprint density at radius 3 is 2.64 bits per heavy atom. The van der Waals surface area contributed by atoms with E-state index < -0.39 is 0 Å². The number of likely N-dealkylation sites (tertiary alicyclic amines) is 1. The summed E-state index contributed by atoms with van der Waals surface area (Å²) in [6.07, 6.45) is 2.20. The normalized spacial score (nSPS) is 14.5. The van der Waals surface area contributed by atoms with Crippen molar-refractivity contribution in [3.8, 4) is 0 Å². The van der Waals surface area contributed by atoms with E-state index in [2.05, 4.69) is 28.6 Å². The Morgan fingerprint density at radius 1 is 1.24 bits per heavy atom. The zero-order valence-corrected chi connectivity index (χ0v) is 17.0. The van der Waals surface area contributed by atoms with E-state index in [4.69, 9.17) is 4.42 Å². The fourth-order valence-electron chi connectivity index (χ4n) is 3.02. The van der Waals surface area contributed by atoms with Crippen molar-refractivity contribution >= 4 is 46.8 Å². The van der Waals surface area contributed by atoms with Crippen LogP contribution >= 0.6 is 24.0 Å². The summed E-state index contributed by atoms with van der Waals surface area (Å²) < 4.78 is 5.88. The number of furan rings is 1. The molecule has 1 saturated heterocycles. The number of rotatable bonds is 4. The van der Waals surface area contributed by atoms with Gasteiger partial charge in [-0.2, -0.15) is 0 Å². The van der Waals surface area contributed by atoms with Gasteiger partial charge in [0.05, 0.1) is 13.1 Å². The standard InChI is InChI=1S/C18H24N4O2.HI/c1-13-14-7-3-4-8-15(14)24-16(13)11-20-18(19-2)21-12-17(23)22-9-5-6-10-22;/h3-4,7-8H,5-6,9-12H2,1-2H3,(H2,19,20,21);1H. The Kier molecular flexibility index (Phi) is 7.10. The molecule has 3 rings (SSSR count). The van der Waals surface area contributed by atoms with Crippen molar-refractivity contribution in [2.75, 3.05) is 26.7 Å². The molecule has 25 heavy (non-hydrogen) atoms. The van der Waals surface area contributed by atoms with Crippen LogP contribution in [0, 0.1) is 6.92 Å². The molecule has 2 N–H and O–H groups in total. The highest BCUT2D eigenvalue weighted by Gasteiger charge is 2.18. The van der Waals surface area contributed by atoms with E-state index in [1.807, 2.05) is 23.1 Å². The van der Waals surface area contributed by atoms with Crippen molar-refractivity contribution in [1.82, 2.24) is 15.5 Å². The molecule has 2 heterocycles. The highest BCUT2D eigenvalue weighted by Crippen LogP contribution is 2.24. The number of halogens is 1. The maximum absolute atomic E-state index is 12.1. The first-order valence-electron chi connectivity index (χ1n) is 8.38. The Balaban J connectivity index is 0.00000225. The van der Waals surface area contributed by atoms with E-state index >= 15 is 0 Å². The molecule has 1 amide bonds. The van der Waals surface area contributed by atoms with Gasteiger partial charge in [-0.15, -0.1) is 24.0 Å². The number of amides is 1. The molecule has 1 aromatic carbocycles. The highest BCUT2D eigenvalue weighted by atomic mass is 127. The van der Waals surface area contributed by atoms with Gasteiger partial charge in [0.2, 0.25) is 5.91 Å². The first-order chi connectivity index (χ1) is 11.7. The van der Waals surface area contributed by atoms with Crippen molar-refractivity contribution in [3.05, 3.63) is 35.6 Å². The lowest BCUT2D eigenvalue weighted by Crippen LogP contribution is -2.43. The Labute approximate surface area is 165 Å². The fraction of sp³-hybridized carbons (Fsp3) is 0.444. The van der Waals surface area contributed by atoms with Crippen molar-refractivity contribution in [1.29, 1.82) is 0 Å². The molecule has 0 aliphatic carbocycles. The van der Waals surface area contributed by atoms with Crippen LogP contribution in [0.3, 0.4) is 0 Å². The zero-order valence-electron chi connectivity index (χ0n) is 14.7. The van der Waals surface area contributed by atoms with E-state index in [1.54, 1.807) is 7.05 Å². The van der Waals surface area contributed by atoms with Crippen molar-refractivity contribution < 1.29 is 9.21 Å². The topological polar surface area (TPSA) is 69.9 Å². The first kappa shape index (κ1) is 19.6. The molecular formula is C18H25IN4O2. The lowest BCUT2D eigenvalue weighted by molar-refractivity contribution is -0.128. The highest BCUT2D eigenvalue weighted by molar-refractivity contribution is 14.0. The van der Waals surface area contributed by atoms with Crippen LogP contribution in [-0.4, -0.2) is 43.4 Å².